The summed E-state index contributed by atoms with van der Waals surface area (Å²) in [5.74, 6) is 1.56. The van der Waals surface area contributed by atoms with Gasteiger partial charge in [-0.05, 0) is 67.2 Å². The van der Waals surface area contributed by atoms with Gasteiger partial charge in [0.25, 0.3) is 0 Å². The number of nitrogens with zero attached hydrogens (tertiary/aromatic N) is 2. The minimum absolute atomic E-state index is 0.287. The Hall–Kier alpha value is -2.96. The van der Waals surface area contributed by atoms with Crippen LogP contribution in [0.25, 0.3) is 11.3 Å². The van der Waals surface area contributed by atoms with Crippen molar-refractivity contribution in [3.05, 3.63) is 71.9 Å². The Balaban J connectivity index is 1.35. The standard InChI is InChI=1S/C25H31N5O/c1-18-16-26-12-10-23(18)29-17-20-3-2-4-21(15-20)24-11-14-28-25(30-24)27-13-9-19-5-7-22(31)8-6-19/h2-8,11,14-15,18,23,26,29,31H,9-10,12-13,16-17H2,1H3,(H,27,28,30)/t18?,23-/m1/s1. The molecule has 0 bridgehead atoms. The molecular formula is C25H31N5O. The topological polar surface area (TPSA) is 82.1 Å². The minimum atomic E-state index is 0.287. The Kier molecular flexibility index (Phi) is 7.12. The summed E-state index contributed by atoms with van der Waals surface area (Å²) >= 11 is 0. The molecule has 1 fully saturated rings. The molecule has 0 saturated carbocycles. The van der Waals surface area contributed by atoms with E-state index in [0.29, 0.717) is 17.9 Å². The fourth-order valence-corrected chi connectivity index (χ4v) is 3.99. The molecule has 6 nitrogen and oxygen atoms in total. The van der Waals surface area contributed by atoms with Gasteiger partial charge in [-0.1, -0.05) is 37.3 Å². The van der Waals surface area contributed by atoms with Gasteiger partial charge in [-0.15, -0.1) is 0 Å². The molecule has 1 aromatic heterocycles. The molecule has 4 N–H and O–H groups in total. The van der Waals surface area contributed by atoms with Crippen LogP contribution in [0.5, 0.6) is 5.75 Å². The second-order valence-corrected chi connectivity index (χ2v) is 8.27. The van der Waals surface area contributed by atoms with E-state index in [1.54, 1.807) is 18.3 Å². The number of benzene rings is 2. The SMILES string of the molecule is CC1CNCC[C@H]1NCc1cccc(-c2ccnc(NCCc3ccc(O)cc3)n2)c1. The fourth-order valence-electron chi connectivity index (χ4n) is 3.99. The number of phenolic OH excluding ortho intramolecular Hbond substituents is 1. The van der Waals surface area contributed by atoms with Gasteiger partial charge in [0.15, 0.2) is 0 Å². The van der Waals surface area contributed by atoms with Crippen LogP contribution in [-0.4, -0.2) is 40.8 Å². The van der Waals surface area contributed by atoms with Gasteiger partial charge in [-0.25, -0.2) is 9.97 Å². The molecule has 162 valence electrons. The number of aromatic nitrogens is 2. The highest BCUT2D eigenvalue weighted by molar-refractivity contribution is 5.60. The highest BCUT2D eigenvalue weighted by Gasteiger charge is 2.20. The van der Waals surface area contributed by atoms with Gasteiger partial charge < -0.3 is 21.1 Å². The van der Waals surface area contributed by atoms with Crippen molar-refractivity contribution in [1.82, 2.24) is 20.6 Å². The van der Waals surface area contributed by atoms with Crippen LogP contribution in [0, 0.1) is 5.92 Å². The lowest BCUT2D eigenvalue weighted by atomic mass is 9.95. The Bertz CT molecular complexity index is 976. The first-order valence-electron chi connectivity index (χ1n) is 11.1. The third-order valence-electron chi connectivity index (χ3n) is 5.87. The van der Waals surface area contributed by atoms with Crippen molar-refractivity contribution in [2.75, 3.05) is 25.0 Å². The number of nitrogens with one attached hydrogen (secondary N) is 3. The first kappa shape index (κ1) is 21.3. The van der Waals surface area contributed by atoms with Crippen LogP contribution >= 0.6 is 0 Å². The maximum atomic E-state index is 9.39. The summed E-state index contributed by atoms with van der Waals surface area (Å²) in [5.41, 5.74) is 4.44. The normalized spacial score (nSPS) is 18.6. The molecule has 2 heterocycles. The molecular weight excluding hydrogens is 386 g/mol. The molecule has 0 spiro atoms. The minimum Gasteiger partial charge on any atom is -0.508 e. The monoisotopic (exact) mass is 417 g/mol. The quantitative estimate of drug-likeness (QED) is 0.448. The highest BCUT2D eigenvalue weighted by Crippen LogP contribution is 2.20. The van der Waals surface area contributed by atoms with Crippen molar-refractivity contribution in [3.8, 4) is 17.0 Å². The molecule has 2 atom stereocenters. The first-order chi connectivity index (χ1) is 15.2. The van der Waals surface area contributed by atoms with Gasteiger partial charge in [0, 0.05) is 30.9 Å². The maximum Gasteiger partial charge on any atom is 0.223 e. The summed E-state index contributed by atoms with van der Waals surface area (Å²) in [4.78, 5) is 9.06. The second-order valence-electron chi connectivity index (χ2n) is 8.27. The van der Waals surface area contributed by atoms with Gasteiger partial charge in [-0.3, -0.25) is 0 Å². The number of rotatable bonds is 8. The van der Waals surface area contributed by atoms with Crippen molar-refractivity contribution < 1.29 is 5.11 Å². The van der Waals surface area contributed by atoms with E-state index in [9.17, 15) is 5.11 Å². The average molecular weight is 418 g/mol. The molecule has 2 aromatic carbocycles. The molecule has 31 heavy (non-hydrogen) atoms. The van der Waals surface area contributed by atoms with E-state index in [1.165, 1.54) is 12.0 Å². The predicted octanol–water partition coefficient (Wildman–Crippen LogP) is 3.59. The Morgan fingerprint density at radius 3 is 2.81 bits per heavy atom. The molecule has 1 aliphatic rings. The molecule has 1 aliphatic heterocycles. The predicted molar refractivity (Wildman–Crippen MR) is 125 cm³/mol. The lowest BCUT2D eigenvalue weighted by Gasteiger charge is -2.30. The molecule has 3 aromatic rings. The van der Waals surface area contributed by atoms with E-state index in [-0.39, 0.29) is 5.75 Å². The summed E-state index contributed by atoms with van der Waals surface area (Å²) in [6, 6.07) is 18.4. The number of hydrogen-bond donors (Lipinski definition) is 4. The molecule has 0 amide bonds. The number of piperidine rings is 1. The largest absolute Gasteiger partial charge is 0.508 e. The third-order valence-corrected chi connectivity index (χ3v) is 5.87. The van der Waals surface area contributed by atoms with Crippen LogP contribution < -0.4 is 16.0 Å². The number of anilines is 1. The van der Waals surface area contributed by atoms with Crippen LogP contribution in [0.4, 0.5) is 5.95 Å². The van der Waals surface area contributed by atoms with Gasteiger partial charge in [-0.2, -0.15) is 0 Å². The second kappa shape index (κ2) is 10.4. The van der Waals surface area contributed by atoms with Crippen LogP contribution in [0.3, 0.4) is 0 Å². The number of phenols is 1. The Morgan fingerprint density at radius 2 is 1.97 bits per heavy atom. The molecule has 0 radical (unpaired) electrons. The van der Waals surface area contributed by atoms with Crippen molar-refractivity contribution in [2.45, 2.75) is 32.4 Å². The van der Waals surface area contributed by atoms with E-state index in [4.69, 9.17) is 4.98 Å². The molecule has 4 rings (SSSR count). The van der Waals surface area contributed by atoms with Crippen LogP contribution in [0.1, 0.15) is 24.5 Å². The van der Waals surface area contributed by atoms with Crippen molar-refractivity contribution in [3.63, 3.8) is 0 Å². The first-order valence-corrected chi connectivity index (χ1v) is 11.1. The van der Waals surface area contributed by atoms with Crippen molar-refractivity contribution in [1.29, 1.82) is 0 Å². The van der Waals surface area contributed by atoms with Crippen molar-refractivity contribution in [2.24, 2.45) is 5.92 Å². The van der Waals surface area contributed by atoms with Crippen LogP contribution in [0.15, 0.2) is 60.8 Å². The van der Waals surface area contributed by atoms with Gasteiger partial charge in [0.05, 0.1) is 5.69 Å². The van der Waals surface area contributed by atoms with Gasteiger partial charge in [0.2, 0.25) is 5.95 Å². The smallest absolute Gasteiger partial charge is 0.223 e. The van der Waals surface area contributed by atoms with Crippen molar-refractivity contribution >= 4 is 5.95 Å². The maximum absolute atomic E-state index is 9.39. The Labute approximate surface area is 184 Å². The summed E-state index contributed by atoms with van der Waals surface area (Å²) in [6.07, 6.45) is 3.81. The lowest BCUT2D eigenvalue weighted by Crippen LogP contribution is -2.45. The fraction of sp³-hybridized carbons (Fsp3) is 0.360. The van der Waals surface area contributed by atoms with E-state index in [0.717, 1.165) is 49.4 Å². The average Bonchev–Trinajstić information content (AvgIpc) is 2.80. The highest BCUT2D eigenvalue weighted by atomic mass is 16.3. The number of hydrogen-bond acceptors (Lipinski definition) is 6. The van der Waals surface area contributed by atoms with E-state index >= 15 is 0 Å². The van der Waals surface area contributed by atoms with Gasteiger partial charge >= 0.3 is 0 Å². The summed E-state index contributed by atoms with van der Waals surface area (Å²) in [6.45, 7) is 6.07. The zero-order valence-electron chi connectivity index (χ0n) is 18.0. The third kappa shape index (κ3) is 6.03. The molecule has 1 unspecified atom stereocenters. The summed E-state index contributed by atoms with van der Waals surface area (Å²) < 4.78 is 0. The Morgan fingerprint density at radius 1 is 1.10 bits per heavy atom. The van der Waals surface area contributed by atoms with E-state index < -0.39 is 0 Å². The van der Waals surface area contributed by atoms with E-state index in [1.807, 2.05) is 18.2 Å². The summed E-state index contributed by atoms with van der Waals surface area (Å²) in [7, 11) is 0. The lowest BCUT2D eigenvalue weighted by molar-refractivity contribution is 0.295. The van der Waals surface area contributed by atoms with Crippen LogP contribution in [-0.2, 0) is 13.0 Å². The molecule has 6 heteroatoms. The molecule has 1 saturated heterocycles. The zero-order valence-corrected chi connectivity index (χ0v) is 18.0. The number of aromatic hydroxyl groups is 1. The zero-order chi connectivity index (χ0) is 21.5. The van der Waals surface area contributed by atoms with Gasteiger partial charge in [0.1, 0.15) is 5.75 Å². The molecule has 0 aliphatic carbocycles. The van der Waals surface area contributed by atoms with E-state index in [2.05, 4.69) is 52.1 Å². The van der Waals surface area contributed by atoms with Crippen LogP contribution in [0.2, 0.25) is 0 Å². The summed E-state index contributed by atoms with van der Waals surface area (Å²) in [5, 5.41) is 19.9.